The van der Waals surface area contributed by atoms with E-state index in [9.17, 15) is 74.8 Å². The third-order valence-corrected chi connectivity index (χ3v) is 17.5. The molecule has 41 heteroatoms. The summed E-state index contributed by atoms with van der Waals surface area (Å²) in [6.07, 6.45) is 0. The molecule has 2 aromatic heterocycles. The Balaban J connectivity index is 0.842. The molecule has 88 heavy (non-hydrogen) atoms. The van der Waals surface area contributed by atoms with Gasteiger partial charge in [0.2, 0.25) is 40.3 Å². The van der Waals surface area contributed by atoms with Crippen LogP contribution in [0.15, 0.2) is 109 Å². The number of aromatic hydroxyl groups is 1. The topological polar surface area (TPSA) is 498 Å². The summed E-state index contributed by atoms with van der Waals surface area (Å²) in [6, 6.07) is 15.9. The van der Waals surface area contributed by atoms with E-state index in [1.54, 1.807) is 0 Å². The van der Waals surface area contributed by atoms with Gasteiger partial charge < -0.3 is 36.0 Å². The van der Waals surface area contributed by atoms with Crippen molar-refractivity contribution in [1.29, 1.82) is 0 Å². The highest BCUT2D eigenvalue weighted by molar-refractivity contribution is 7.87. The molecule has 1 amide bonds. The van der Waals surface area contributed by atoms with Gasteiger partial charge in [-0.2, -0.15) is 72.0 Å². The molecule has 1 aliphatic rings. The number of nitrogens with zero attached hydrogens (tertiary/aromatic N) is 8. The van der Waals surface area contributed by atoms with Crippen molar-refractivity contribution in [2.45, 2.75) is 31.4 Å². The van der Waals surface area contributed by atoms with Gasteiger partial charge in [-0.3, -0.25) is 54.2 Å². The number of hydrazine groups is 2. The summed E-state index contributed by atoms with van der Waals surface area (Å²) in [5.74, 6) is -0.987. The molecular formula is C47H46Cl2N16O18S5. The third kappa shape index (κ3) is 15.0. The number of hydrogen-bond donors (Lipinski definition) is 14. The first kappa shape index (κ1) is 63.9. The van der Waals surface area contributed by atoms with E-state index >= 15 is 0 Å². The highest BCUT2D eigenvalue weighted by atomic mass is 35.5. The first-order valence-electron chi connectivity index (χ1n) is 24.7. The summed E-state index contributed by atoms with van der Waals surface area (Å²) in [5.41, 5.74) is 9.16. The van der Waals surface area contributed by atoms with Gasteiger partial charge in [0.25, 0.3) is 50.6 Å². The molecule has 14 N–H and O–H groups in total. The Morgan fingerprint density at radius 1 is 0.557 bits per heavy atom. The molecule has 0 atom stereocenters. The summed E-state index contributed by atoms with van der Waals surface area (Å²) in [7, 11) is -24.0. The minimum atomic E-state index is -5.23. The third-order valence-electron chi connectivity index (χ3n) is 12.7. The molecule has 0 spiro atoms. The molecule has 1 fully saturated rings. The lowest BCUT2D eigenvalue weighted by atomic mass is 10.1. The van der Waals surface area contributed by atoms with E-state index in [4.69, 9.17) is 27.9 Å². The number of aromatic nitrogens is 6. The Morgan fingerprint density at radius 3 is 1.81 bits per heavy atom. The molecule has 34 nitrogen and oxygen atoms in total. The van der Waals surface area contributed by atoms with Crippen LogP contribution in [0.5, 0.6) is 11.5 Å². The van der Waals surface area contributed by atoms with Crippen LogP contribution >= 0.6 is 23.2 Å². The Morgan fingerprint density at radius 2 is 1.16 bits per heavy atom. The Bertz CT molecular complexity index is 4730. The second kappa shape index (κ2) is 24.9. The quantitative estimate of drug-likeness (QED) is 0.0236. The van der Waals surface area contributed by atoms with Crippen molar-refractivity contribution in [3.05, 3.63) is 95.5 Å². The zero-order valence-electron chi connectivity index (χ0n) is 44.8. The van der Waals surface area contributed by atoms with E-state index < -0.39 is 109 Å². The van der Waals surface area contributed by atoms with Crippen molar-refractivity contribution in [3.63, 3.8) is 0 Å². The standard InChI is InChI=1S/C47H46Cl2N16O18S5/c1-23(66)51-31-21-33(35(83-2)22-32(31)61-62-34-20-29-25(17-38(34)87(77,78)79)16-27(84(68,69)70)19-37(29)86(74,75)76)53-46-56-43(49)57-47(59-46)65-13-11-64(12-14-65)10-9-50-44-54-42(48)55-45(58-44)52-26-7-8-28-24(15-26)18-39(88(80,81)82)40(41(28)67)63-60-30-5-3-4-6-36(30)85(71,72)73/h3-8,15-22,60-63,67H,9-14H2,1-2H3,(H,51,66)(H,68,69,70)(H,71,72,73)(H,74,75,76)(H,77,78,79)(H,80,81,82)(H,53,56,57,59)(H2,50,52,54,55,58). The Labute approximate surface area is 508 Å². The van der Waals surface area contributed by atoms with E-state index in [0.717, 1.165) is 18.2 Å². The molecule has 3 heterocycles. The minimum absolute atomic E-state index is 0.00874. The van der Waals surface area contributed by atoms with E-state index in [1.165, 1.54) is 62.6 Å². The van der Waals surface area contributed by atoms with E-state index in [2.05, 4.69) is 77.8 Å². The Kier molecular flexibility index (Phi) is 18.1. The molecule has 0 saturated carbocycles. The molecule has 0 bridgehead atoms. The second-order valence-electron chi connectivity index (χ2n) is 18.7. The molecule has 9 rings (SSSR count). The van der Waals surface area contributed by atoms with Crippen LogP contribution in [0, 0.1) is 0 Å². The van der Waals surface area contributed by atoms with Gasteiger partial charge in [-0.1, -0.05) is 12.1 Å². The first-order chi connectivity index (χ1) is 41.2. The zero-order valence-corrected chi connectivity index (χ0v) is 50.4. The number of carbonyl (C=O) groups is 1. The second-order valence-corrected chi connectivity index (χ2v) is 26.3. The van der Waals surface area contributed by atoms with Crippen LogP contribution in [0.1, 0.15) is 6.92 Å². The molecule has 8 aromatic rings. The summed E-state index contributed by atoms with van der Waals surface area (Å²) < 4.78 is 178. The van der Waals surface area contributed by atoms with Gasteiger partial charge in [0.1, 0.15) is 36.8 Å². The number of fused-ring (bicyclic) bond motifs is 2. The number of phenols is 1. The van der Waals surface area contributed by atoms with Crippen molar-refractivity contribution in [2.24, 2.45) is 0 Å². The fourth-order valence-corrected chi connectivity index (χ4v) is 12.5. The maximum atomic E-state index is 12.6. The summed E-state index contributed by atoms with van der Waals surface area (Å²) in [5, 5.41) is 21.8. The summed E-state index contributed by atoms with van der Waals surface area (Å²) >= 11 is 12.7. The van der Waals surface area contributed by atoms with Crippen LogP contribution in [0.25, 0.3) is 21.5 Å². The van der Waals surface area contributed by atoms with Crippen molar-refractivity contribution in [2.75, 3.05) is 94.2 Å². The SMILES string of the molecule is COc1cc(NNc2cc3c(S(=O)(=O)O)cc(S(=O)(=O)O)cc3cc2S(=O)(=O)O)c(NC(C)=O)cc1Nc1nc(Cl)nc(N2CCN(CCNc3nc(Cl)nc(Nc4ccc5c(O)c(NNc6ccccc6S(=O)(=O)O)c(S(=O)(=O)O)cc5c4)n3)CC2)n1. The molecule has 1 aliphatic heterocycles. The summed E-state index contributed by atoms with van der Waals surface area (Å²) in [4.78, 5) is 37.8. The molecule has 1 saturated heterocycles. The van der Waals surface area contributed by atoms with E-state index in [1.807, 2.05) is 4.90 Å². The first-order valence-corrected chi connectivity index (χ1v) is 32.7. The lowest BCUT2D eigenvalue weighted by Gasteiger charge is -2.34. The number of amides is 1. The van der Waals surface area contributed by atoms with Crippen LogP contribution in [-0.4, -0.2) is 157 Å². The van der Waals surface area contributed by atoms with Gasteiger partial charge in [0.15, 0.2) is 0 Å². The van der Waals surface area contributed by atoms with Crippen molar-refractivity contribution in [3.8, 4) is 11.5 Å². The van der Waals surface area contributed by atoms with E-state index in [-0.39, 0.29) is 79.3 Å². The van der Waals surface area contributed by atoms with Crippen LogP contribution < -0.4 is 52.6 Å². The lowest BCUT2D eigenvalue weighted by Crippen LogP contribution is -2.48. The normalized spacial score (nSPS) is 13.4. The number of phenolic OH excluding ortho intramolecular Hbond substituents is 1. The number of carbonyl (C=O) groups excluding carboxylic acids is 1. The van der Waals surface area contributed by atoms with Crippen LogP contribution in [0.3, 0.4) is 0 Å². The fourth-order valence-electron chi connectivity index (χ4n) is 8.84. The van der Waals surface area contributed by atoms with Gasteiger partial charge in [-0.25, -0.2) is 0 Å². The highest BCUT2D eigenvalue weighted by Gasteiger charge is 2.28. The molecule has 0 radical (unpaired) electrons. The largest absolute Gasteiger partial charge is 0.505 e. The van der Waals surface area contributed by atoms with Crippen LogP contribution in [0.2, 0.25) is 10.6 Å². The summed E-state index contributed by atoms with van der Waals surface area (Å²) in [6.45, 7) is 3.88. The van der Waals surface area contributed by atoms with Gasteiger partial charge in [0.05, 0.1) is 40.4 Å². The number of para-hydroxylation sites is 1. The van der Waals surface area contributed by atoms with Crippen molar-refractivity contribution >= 4 is 165 Å². The monoisotopic (exact) mass is 1350 g/mol. The number of halogens is 2. The van der Waals surface area contributed by atoms with Gasteiger partial charge in [-0.15, -0.1) is 0 Å². The zero-order chi connectivity index (χ0) is 63.8. The molecular weight excluding hydrogens is 1310 g/mol. The van der Waals surface area contributed by atoms with E-state index in [0.29, 0.717) is 57.5 Å². The highest BCUT2D eigenvalue weighted by Crippen LogP contribution is 2.41. The molecule has 466 valence electrons. The number of nitrogens with one attached hydrogen (secondary N) is 8. The number of ether oxygens (including phenoxy) is 1. The number of rotatable bonds is 22. The van der Waals surface area contributed by atoms with Crippen LogP contribution in [-0.2, 0) is 55.4 Å². The fraction of sp³-hybridized carbons (Fsp3) is 0.170. The number of anilines is 11. The van der Waals surface area contributed by atoms with Gasteiger partial charge in [-0.05, 0) is 101 Å². The van der Waals surface area contributed by atoms with Crippen LogP contribution in [0.4, 0.5) is 63.6 Å². The predicted octanol–water partition coefficient (Wildman–Crippen LogP) is 5.18. The average molecular weight is 1350 g/mol. The maximum Gasteiger partial charge on any atom is 0.296 e. The molecule has 0 unspecified atom stereocenters. The van der Waals surface area contributed by atoms with Crippen molar-refractivity contribution < 1.29 is 79.5 Å². The lowest BCUT2D eigenvalue weighted by molar-refractivity contribution is -0.114. The van der Waals surface area contributed by atoms with Crippen molar-refractivity contribution in [1.82, 2.24) is 34.8 Å². The smallest absolute Gasteiger partial charge is 0.296 e. The molecule has 6 aromatic carbocycles. The van der Waals surface area contributed by atoms with Gasteiger partial charge in [0, 0.05) is 68.7 Å². The predicted molar refractivity (Wildman–Crippen MR) is 320 cm³/mol. The number of hydrogen-bond acceptors (Lipinski definition) is 28. The Hall–Kier alpha value is -8.58. The molecule has 0 aliphatic carbocycles. The average Bonchev–Trinajstić information content (AvgIpc) is 0.889. The maximum absolute atomic E-state index is 12.6. The number of methoxy groups -OCH3 is 1. The van der Waals surface area contributed by atoms with Gasteiger partial charge >= 0.3 is 0 Å². The number of piperazine rings is 1. The minimum Gasteiger partial charge on any atom is -0.505 e. The number of benzene rings is 6.